The van der Waals surface area contributed by atoms with Crippen LogP contribution in [0.15, 0.2) is 11.2 Å². The lowest BCUT2D eigenvalue weighted by Gasteiger charge is -2.21. The third kappa shape index (κ3) is 8.20. The van der Waals surface area contributed by atoms with Gasteiger partial charge in [-0.3, -0.25) is 9.79 Å². The molecule has 148 valence electrons. The van der Waals surface area contributed by atoms with Gasteiger partial charge in [0.05, 0.1) is 5.01 Å². The van der Waals surface area contributed by atoms with E-state index in [0.29, 0.717) is 13.1 Å². The van der Waals surface area contributed by atoms with Gasteiger partial charge in [0.25, 0.3) is 0 Å². The molecule has 0 unspecified atom stereocenters. The predicted molar refractivity (Wildman–Crippen MR) is 120 cm³/mol. The maximum atomic E-state index is 12.1. The molecule has 0 aliphatic heterocycles. The summed E-state index contributed by atoms with van der Waals surface area (Å²) in [6, 6.07) is 0. The van der Waals surface area contributed by atoms with Crippen molar-refractivity contribution in [3.8, 4) is 0 Å². The SMILES string of the molecule is CCc1cnc(CCNC(=NC)NCCNC(=O)C2CCCCC2)s1.I. The molecule has 0 atom stereocenters. The van der Waals surface area contributed by atoms with Gasteiger partial charge < -0.3 is 16.0 Å². The monoisotopic (exact) mass is 493 g/mol. The maximum absolute atomic E-state index is 12.1. The van der Waals surface area contributed by atoms with Crippen molar-refractivity contribution in [3.63, 3.8) is 0 Å². The van der Waals surface area contributed by atoms with Gasteiger partial charge in [-0.2, -0.15) is 0 Å². The fraction of sp³-hybridized carbons (Fsp3) is 0.722. The van der Waals surface area contributed by atoms with E-state index in [1.807, 2.05) is 6.20 Å². The van der Waals surface area contributed by atoms with Crippen LogP contribution in [-0.2, 0) is 17.6 Å². The Morgan fingerprint density at radius 1 is 1.19 bits per heavy atom. The van der Waals surface area contributed by atoms with Crippen molar-refractivity contribution in [2.45, 2.75) is 51.9 Å². The summed E-state index contributed by atoms with van der Waals surface area (Å²) in [5.41, 5.74) is 0. The molecule has 1 heterocycles. The van der Waals surface area contributed by atoms with Crippen LogP contribution in [0.5, 0.6) is 0 Å². The Morgan fingerprint density at radius 2 is 1.88 bits per heavy atom. The summed E-state index contributed by atoms with van der Waals surface area (Å²) in [5, 5.41) is 10.7. The second-order valence-electron chi connectivity index (χ2n) is 6.38. The normalized spacial score (nSPS) is 15.2. The lowest BCUT2D eigenvalue weighted by atomic mass is 9.89. The Kier molecular flexibility index (Phi) is 11.8. The van der Waals surface area contributed by atoms with Crippen molar-refractivity contribution in [1.29, 1.82) is 0 Å². The van der Waals surface area contributed by atoms with Gasteiger partial charge in [-0.1, -0.05) is 26.2 Å². The summed E-state index contributed by atoms with van der Waals surface area (Å²) in [5.74, 6) is 1.19. The van der Waals surface area contributed by atoms with Gasteiger partial charge >= 0.3 is 0 Å². The first-order valence-electron chi connectivity index (χ1n) is 9.38. The zero-order valence-corrected chi connectivity index (χ0v) is 19.0. The number of nitrogens with one attached hydrogen (secondary N) is 3. The molecule has 0 aromatic carbocycles. The molecule has 0 radical (unpaired) electrons. The molecule has 1 amide bonds. The minimum absolute atomic E-state index is 0. The molecular weight excluding hydrogens is 461 g/mol. The van der Waals surface area contributed by atoms with Crippen molar-refractivity contribution >= 4 is 47.2 Å². The average Bonchev–Trinajstić information content (AvgIpc) is 3.12. The van der Waals surface area contributed by atoms with Gasteiger partial charge in [0.15, 0.2) is 5.96 Å². The fourth-order valence-electron chi connectivity index (χ4n) is 3.01. The van der Waals surface area contributed by atoms with Crippen LogP contribution in [0.1, 0.15) is 48.9 Å². The molecule has 1 saturated carbocycles. The van der Waals surface area contributed by atoms with Gasteiger partial charge in [-0.25, -0.2) is 4.98 Å². The largest absolute Gasteiger partial charge is 0.356 e. The van der Waals surface area contributed by atoms with Crippen LogP contribution in [0.4, 0.5) is 0 Å². The van der Waals surface area contributed by atoms with E-state index >= 15 is 0 Å². The molecule has 1 aromatic rings. The average molecular weight is 493 g/mol. The number of nitrogens with zero attached hydrogens (tertiary/aromatic N) is 2. The van der Waals surface area contributed by atoms with Gasteiger partial charge in [-0.05, 0) is 19.3 Å². The highest BCUT2D eigenvalue weighted by molar-refractivity contribution is 14.0. The number of aliphatic imine (C=N–C) groups is 1. The highest BCUT2D eigenvalue weighted by atomic mass is 127. The van der Waals surface area contributed by atoms with E-state index in [1.54, 1.807) is 18.4 Å². The standard InChI is InChI=1S/C18H31N5OS.HI/c1-3-15-13-23-16(25-15)9-10-21-18(19-2)22-12-11-20-17(24)14-7-5-4-6-8-14;/h13-14H,3-12H2,1-2H3,(H,20,24)(H2,19,21,22);1H. The van der Waals surface area contributed by atoms with Gasteiger partial charge in [-0.15, -0.1) is 35.3 Å². The maximum Gasteiger partial charge on any atom is 0.223 e. The van der Waals surface area contributed by atoms with Crippen LogP contribution in [-0.4, -0.2) is 43.5 Å². The van der Waals surface area contributed by atoms with Crippen LogP contribution in [0.2, 0.25) is 0 Å². The lowest BCUT2D eigenvalue weighted by Crippen LogP contribution is -2.43. The predicted octanol–water partition coefficient (Wildman–Crippen LogP) is 2.73. The summed E-state index contributed by atoms with van der Waals surface area (Å²) in [4.78, 5) is 22.0. The molecular formula is C18H32IN5OS. The molecule has 0 bridgehead atoms. The quantitative estimate of drug-likeness (QED) is 0.225. The van der Waals surface area contributed by atoms with Gasteiger partial charge in [0.1, 0.15) is 0 Å². The topological polar surface area (TPSA) is 78.4 Å². The van der Waals surface area contributed by atoms with Crippen LogP contribution < -0.4 is 16.0 Å². The number of carbonyl (C=O) groups excluding carboxylic acids is 1. The zero-order valence-electron chi connectivity index (χ0n) is 15.8. The molecule has 1 aromatic heterocycles. The minimum Gasteiger partial charge on any atom is -0.356 e. The Bertz CT molecular complexity index is 558. The van der Waals surface area contributed by atoms with E-state index in [2.05, 4.69) is 32.9 Å². The molecule has 1 fully saturated rings. The molecule has 0 saturated heterocycles. The number of aryl methyl sites for hydroxylation is 1. The fourth-order valence-corrected chi connectivity index (χ4v) is 3.87. The van der Waals surface area contributed by atoms with Crippen molar-refractivity contribution in [1.82, 2.24) is 20.9 Å². The van der Waals surface area contributed by atoms with Crippen molar-refractivity contribution < 1.29 is 4.79 Å². The number of hydrogen-bond donors (Lipinski definition) is 3. The molecule has 6 nitrogen and oxygen atoms in total. The number of amides is 1. The highest BCUT2D eigenvalue weighted by Crippen LogP contribution is 2.23. The van der Waals surface area contributed by atoms with Crippen molar-refractivity contribution in [3.05, 3.63) is 16.1 Å². The Hall–Kier alpha value is -0.900. The third-order valence-electron chi connectivity index (χ3n) is 4.50. The number of carbonyl (C=O) groups is 1. The van der Waals surface area contributed by atoms with Crippen LogP contribution >= 0.6 is 35.3 Å². The molecule has 1 aliphatic rings. The highest BCUT2D eigenvalue weighted by Gasteiger charge is 2.20. The van der Waals surface area contributed by atoms with Crippen LogP contribution in [0.25, 0.3) is 0 Å². The molecule has 3 N–H and O–H groups in total. The van der Waals surface area contributed by atoms with Crippen molar-refractivity contribution in [2.75, 3.05) is 26.7 Å². The van der Waals surface area contributed by atoms with E-state index in [4.69, 9.17) is 0 Å². The van der Waals surface area contributed by atoms with E-state index in [0.717, 1.165) is 43.2 Å². The Labute approximate surface area is 178 Å². The number of rotatable bonds is 8. The van der Waals surface area contributed by atoms with Crippen LogP contribution in [0, 0.1) is 5.92 Å². The second kappa shape index (κ2) is 13.3. The number of hydrogen-bond acceptors (Lipinski definition) is 4. The lowest BCUT2D eigenvalue weighted by molar-refractivity contribution is -0.125. The molecule has 1 aliphatic carbocycles. The summed E-state index contributed by atoms with van der Waals surface area (Å²) in [6.45, 7) is 4.25. The first-order chi connectivity index (χ1) is 12.2. The molecule has 0 spiro atoms. The number of thiazole rings is 1. The number of guanidine groups is 1. The summed E-state index contributed by atoms with van der Waals surface area (Å²) < 4.78 is 0. The van der Waals surface area contributed by atoms with E-state index in [1.165, 1.54) is 24.1 Å². The van der Waals surface area contributed by atoms with Crippen molar-refractivity contribution in [2.24, 2.45) is 10.9 Å². The van der Waals surface area contributed by atoms with E-state index in [9.17, 15) is 4.79 Å². The first-order valence-corrected chi connectivity index (χ1v) is 10.2. The first kappa shape index (κ1) is 23.1. The zero-order chi connectivity index (χ0) is 17.9. The van der Waals surface area contributed by atoms with Gasteiger partial charge in [0, 0.05) is 50.1 Å². The summed E-state index contributed by atoms with van der Waals surface area (Å²) >= 11 is 1.77. The molecule has 8 heteroatoms. The molecule has 2 rings (SSSR count). The minimum atomic E-state index is 0. The number of halogens is 1. The summed E-state index contributed by atoms with van der Waals surface area (Å²) in [7, 11) is 1.76. The van der Waals surface area contributed by atoms with Gasteiger partial charge in [0.2, 0.25) is 5.91 Å². The van der Waals surface area contributed by atoms with E-state index in [-0.39, 0.29) is 35.8 Å². The third-order valence-corrected chi connectivity index (χ3v) is 5.70. The smallest absolute Gasteiger partial charge is 0.223 e. The van der Waals surface area contributed by atoms with E-state index < -0.39 is 0 Å². The molecule has 26 heavy (non-hydrogen) atoms. The number of aromatic nitrogens is 1. The summed E-state index contributed by atoms with van der Waals surface area (Å²) in [6.07, 6.45) is 9.62. The second-order valence-corrected chi connectivity index (χ2v) is 7.58. The van der Waals surface area contributed by atoms with Crippen LogP contribution in [0.3, 0.4) is 0 Å². The Balaban J connectivity index is 0.00000338. The Morgan fingerprint density at radius 3 is 2.54 bits per heavy atom.